The van der Waals surface area contributed by atoms with Crippen molar-refractivity contribution >= 4 is 13.4 Å². The maximum absolute atomic E-state index is 12.2. The molecule has 1 aromatic rings. The maximum atomic E-state index is 12.2. The fourth-order valence-electron chi connectivity index (χ4n) is 4.02. The molecule has 0 amide bonds. The van der Waals surface area contributed by atoms with Crippen molar-refractivity contribution in [1.82, 2.24) is 9.55 Å². The average molecular weight is 562 g/mol. The van der Waals surface area contributed by atoms with Crippen LogP contribution >= 0.6 is 7.60 Å². The first-order chi connectivity index (χ1) is 18.2. The van der Waals surface area contributed by atoms with E-state index in [1.165, 1.54) is 87.5 Å². The number of hydrogen-bond donors (Lipinski definition) is 3. The van der Waals surface area contributed by atoms with Crippen LogP contribution in [0.25, 0.3) is 0 Å². The molecule has 4 N–H and O–H groups in total. The third-order valence-electron chi connectivity index (χ3n) is 6.27. The van der Waals surface area contributed by atoms with Gasteiger partial charge in [0.05, 0.1) is 25.9 Å². The van der Waals surface area contributed by atoms with Crippen LogP contribution in [0.4, 0.5) is 5.82 Å². The second-order valence-electron chi connectivity index (χ2n) is 10.4. The van der Waals surface area contributed by atoms with E-state index in [0.29, 0.717) is 19.6 Å². The Morgan fingerprint density at radius 3 is 2.11 bits per heavy atom. The molecule has 0 aliphatic carbocycles. The van der Waals surface area contributed by atoms with Gasteiger partial charge in [-0.05, 0) is 24.8 Å². The van der Waals surface area contributed by atoms with Gasteiger partial charge in [0.1, 0.15) is 12.2 Å². The second kappa shape index (κ2) is 21.5. The minimum atomic E-state index is -3.99. The Morgan fingerprint density at radius 1 is 0.947 bits per heavy atom. The van der Waals surface area contributed by atoms with Gasteiger partial charge in [-0.2, -0.15) is 4.98 Å². The number of hydrogen-bond acceptors (Lipinski definition) is 8. The van der Waals surface area contributed by atoms with Crippen molar-refractivity contribution in [2.24, 2.45) is 5.92 Å². The van der Waals surface area contributed by atoms with E-state index in [1.807, 2.05) is 0 Å². The van der Waals surface area contributed by atoms with Crippen LogP contribution in [0.5, 0.6) is 0 Å². The van der Waals surface area contributed by atoms with E-state index in [2.05, 4.69) is 18.8 Å². The number of aromatic nitrogens is 2. The van der Waals surface area contributed by atoms with E-state index < -0.39 is 32.3 Å². The zero-order chi connectivity index (χ0) is 28.1. The molecule has 222 valence electrons. The minimum absolute atomic E-state index is 0.0326. The lowest BCUT2D eigenvalue weighted by Gasteiger charge is -2.19. The van der Waals surface area contributed by atoms with Crippen LogP contribution in [0.2, 0.25) is 0 Å². The molecule has 0 saturated heterocycles. The van der Waals surface area contributed by atoms with Crippen LogP contribution in [0.3, 0.4) is 0 Å². The monoisotopic (exact) mass is 561 g/mol. The summed E-state index contributed by atoms with van der Waals surface area (Å²) in [7, 11) is -3.99. The highest BCUT2D eigenvalue weighted by Crippen LogP contribution is 2.42. The van der Waals surface area contributed by atoms with E-state index in [1.54, 1.807) is 0 Å². The third kappa shape index (κ3) is 18.9. The van der Waals surface area contributed by atoms with Crippen molar-refractivity contribution in [2.45, 2.75) is 110 Å². The molecule has 38 heavy (non-hydrogen) atoms. The number of nitrogens with two attached hydrogens (primary N) is 1. The number of ether oxygens (including phenoxy) is 2. The Balaban J connectivity index is 1.95. The lowest BCUT2D eigenvalue weighted by Crippen LogP contribution is -2.32. The predicted octanol–water partition coefficient (Wildman–Crippen LogP) is 5.11. The van der Waals surface area contributed by atoms with Crippen LogP contribution in [0.1, 0.15) is 97.3 Å². The van der Waals surface area contributed by atoms with E-state index in [0.717, 1.165) is 12.3 Å². The summed E-state index contributed by atoms with van der Waals surface area (Å²) in [6.45, 7) is 5.34. The van der Waals surface area contributed by atoms with Crippen molar-refractivity contribution < 1.29 is 28.6 Å². The quantitative estimate of drug-likeness (QED) is 0.109. The number of rotatable bonds is 25. The molecule has 10 nitrogen and oxygen atoms in total. The van der Waals surface area contributed by atoms with Crippen LogP contribution < -0.4 is 11.4 Å². The number of unbranched alkanes of at least 4 members (excludes halogenated alkanes) is 10. The Kier molecular flexibility index (Phi) is 19.7. The molecular formula is C27H52N3O7P. The lowest BCUT2D eigenvalue weighted by molar-refractivity contribution is 0.0162. The number of anilines is 1. The summed E-state index contributed by atoms with van der Waals surface area (Å²) in [5.74, 6) is 0.922. The summed E-state index contributed by atoms with van der Waals surface area (Å²) < 4.78 is 29.3. The van der Waals surface area contributed by atoms with Gasteiger partial charge in [-0.25, -0.2) is 4.79 Å². The fourth-order valence-corrected chi connectivity index (χ4v) is 4.91. The number of nitrogen functional groups attached to an aromatic ring is 1. The minimum Gasteiger partial charge on any atom is -0.394 e. The van der Waals surface area contributed by atoms with Gasteiger partial charge in [0.25, 0.3) is 0 Å². The SMILES string of the molecule is CC(C)CCCCCCCCCCCCCOCCCOP(=O)(O)CO[C@H](CO)Cn1ccc(N)nc1=O. The summed E-state index contributed by atoms with van der Waals surface area (Å²) in [5.41, 5.74) is 4.85. The molecule has 0 saturated carbocycles. The lowest BCUT2D eigenvalue weighted by atomic mass is 10.0. The normalized spacial score (nSPS) is 14.1. The Hall–Kier alpha value is -1.29. The second-order valence-corrected chi connectivity index (χ2v) is 12.2. The van der Waals surface area contributed by atoms with Crippen LogP contribution in [-0.4, -0.2) is 58.4 Å². The molecule has 0 aromatic carbocycles. The summed E-state index contributed by atoms with van der Waals surface area (Å²) in [5, 5.41) is 9.46. The molecule has 1 heterocycles. The van der Waals surface area contributed by atoms with Crippen LogP contribution in [0.15, 0.2) is 17.1 Å². The summed E-state index contributed by atoms with van der Waals surface area (Å²) >= 11 is 0. The topological polar surface area (TPSA) is 146 Å². The van der Waals surface area contributed by atoms with E-state index >= 15 is 0 Å². The molecule has 0 radical (unpaired) electrons. The first-order valence-electron chi connectivity index (χ1n) is 14.3. The molecule has 1 unspecified atom stereocenters. The molecule has 0 fully saturated rings. The number of nitrogens with zero attached hydrogens (tertiary/aromatic N) is 2. The molecule has 0 bridgehead atoms. The largest absolute Gasteiger partial charge is 0.394 e. The van der Waals surface area contributed by atoms with Crippen molar-refractivity contribution in [3.05, 3.63) is 22.7 Å². The van der Waals surface area contributed by atoms with Gasteiger partial charge in [-0.15, -0.1) is 0 Å². The van der Waals surface area contributed by atoms with Gasteiger partial charge < -0.3 is 29.7 Å². The van der Waals surface area contributed by atoms with E-state index in [4.69, 9.17) is 19.7 Å². The molecule has 0 spiro atoms. The molecule has 0 aliphatic rings. The molecule has 2 atom stereocenters. The molecule has 11 heteroatoms. The highest BCUT2D eigenvalue weighted by atomic mass is 31.2. The summed E-state index contributed by atoms with van der Waals surface area (Å²) in [4.78, 5) is 25.3. The summed E-state index contributed by atoms with van der Waals surface area (Å²) in [6.07, 6.45) is 16.1. The third-order valence-corrected chi connectivity index (χ3v) is 7.33. The van der Waals surface area contributed by atoms with E-state index in [-0.39, 0.29) is 19.0 Å². The van der Waals surface area contributed by atoms with Crippen LogP contribution in [-0.2, 0) is 25.1 Å². The highest BCUT2D eigenvalue weighted by Gasteiger charge is 2.22. The maximum Gasteiger partial charge on any atom is 0.353 e. The van der Waals surface area contributed by atoms with Gasteiger partial charge in [0.15, 0.2) is 0 Å². The Labute approximate surface area is 228 Å². The standard InChI is InChI=1S/C27H52N3O7P/c1-24(2)15-12-10-8-6-4-3-5-7-9-11-13-18-35-19-14-20-37-38(33,34)23-36-25(22-31)21-30-17-16-26(28)29-27(30)32/h16-17,24-25,31H,3-15,18-23H2,1-2H3,(H,33,34)(H2,28,29,32)/t25-/m0/s1. The zero-order valence-electron chi connectivity index (χ0n) is 23.6. The average Bonchev–Trinajstić information content (AvgIpc) is 2.86. The van der Waals surface area contributed by atoms with Crippen molar-refractivity contribution in [3.8, 4) is 0 Å². The van der Waals surface area contributed by atoms with Gasteiger partial charge in [0, 0.05) is 19.4 Å². The van der Waals surface area contributed by atoms with Gasteiger partial charge in [-0.1, -0.05) is 84.5 Å². The Bertz CT molecular complexity index is 822. The van der Waals surface area contributed by atoms with Crippen LogP contribution in [0, 0.1) is 5.92 Å². The van der Waals surface area contributed by atoms with Gasteiger partial charge in [0.2, 0.25) is 0 Å². The predicted molar refractivity (Wildman–Crippen MR) is 151 cm³/mol. The van der Waals surface area contributed by atoms with E-state index in [9.17, 15) is 19.4 Å². The first kappa shape index (κ1) is 34.7. The van der Waals surface area contributed by atoms with Crippen molar-refractivity contribution in [3.63, 3.8) is 0 Å². The Morgan fingerprint density at radius 2 is 1.53 bits per heavy atom. The molecule has 0 aliphatic heterocycles. The number of aliphatic hydroxyl groups excluding tert-OH is 1. The number of aliphatic hydroxyl groups is 1. The molecule has 1 aromatic heterocycles. The van der Waals surface area contributed by atoms with Crippen molar-refractivity contribution in [1.29, 1.82) is 0 Å². The van der Waals surface area contributed by atoms with Gasteiger partial charge in [-0.3, -0.25) is 9.13 Å². The molecule has 1 rings (SSSR count). The van der Waals surface area contributed by atoms with Crippen molar-refractivity contribution in [2.75, 3.05) is 38.5 Å². The fraction of sp³-hybridized carbons (Fsp3) is 0.852. The summed E-state index contributed by atoms with van der Waals surface area (Å²) in [6, 6.07) is 1.44. The zero-order valence-corrected chi connectivity index (χ0v) is 24.5. The highest BCUT2D eigenvalue weighted by molar-refractivity contribution is 7.52. The van der Waals surface area contributed by atoms with Gasteiger partial charge >= 0.3 is 13.3 Å². The first-order valence-corrected chi connectivity index (χ1v) is 16.1. The smallest absolute Gasteiger partial charge is 0.353 e. The molecular weight excluding hydrogens is 509 g/mol.